The molecule has 1 rings (SSSR count). The van der Waals surface area contributed by atoms with E-state index < -0.39 is 29.8 Å². The standard InChI is InChI=1S/C9H15NO5/c1-9(2,3)15-8(13)10-5-4-14-7(12)6(5)11/h5-6,11H,4H2,1-3H3,(H,10,13)/t5-,6-/m1/s1. The molecule has 1 amide bonds. The minimum atomic E-state index is -1.31. The van der Waals surface area contributed by atoms with E-state index in [9.17, 15) is 14.7 Å². The Morgan fingerprint density at radius 3 is 2.60 bits per heavy atom. The first-order chi connectivity index (χ1) is 6.79. The molecule has 0 spiro atoms. The normalized spacial score (nSPS) is 26.0. The minimum absolute atomic E-state index is 0.0285. The zero-order valence-electron chi connectivity index (χ0n) is 8.94. The Morgan fingerprint density at radius 2 is 2.20 bits per heavy atom. The van der Waals surface area contributed by atoms with Gasteiger partial charge in [-0.25, -0.2) is 9.59 Å². The van der Waals surface area contributed by atoms with Gasteiger partial charge in [0.1, 0.15) is 18.2 Å². The maximum Gasteiger partial charge on any atom is 0.408 e. The summed E-state index contributed by atoms with van der Waals surface area (Å²) in [6.07, 6.45) is -1.98. The summed E-state index contributed by atoms with van der Waals surface area (Å²) in [4.78, 5) is 22.0. The van der Waals surface area contributed by atoms with Crippen LogP contribution in [0.3, 0.4) is 0 Å². The molecule has 6 heteroatoms. The van der Waals surface area contributed by atoms with Gasteiger partial charge in [0.05, 0.1) is 0 Å². The topological polar surface area (TPSA) is 84.9 Å². The number of aliphatic hydroxyl groups is 1. The maximum absolute atomic E-state index is 11.3. The average Bonchev–Trinajstić information content (AvgIpc) is 2.32. The highest BCUT2D eigenvalue weighted by Gasteiger charge is 2.37. The molecule has 0 aromatic rings. The highest BCUT2D eigenvalue weighted by molar-refractivity contribution is 5.79. The lowest BCUT2D eigenvalue weighted by molar-refractivity contribution is -0.144. The van der Waals surface area contributed by atoms with Crippen LogP contribution in [0.5, 0.6) is 0 Å². The number of alkyl carbamates (subject to hydrolysis) is 1. The molecule has 0 aromatic carbocycles. The predicted molar refractivity (Wildman–Crippen MR) is 50.1 cm³/mol. The molecule has 86 valence electrons. The molecule has 0 radical (unpaired) electrons. The molecule has 1 saturated heterocycles. The van der Waals surface area contributed by atoms with Crippen molar-refractivity contribution in [2.24, 2.45) is 0 Å². The molecule has 0 aliphatic carbocycles. The number of hydrogen-bond acceptors (Lipinski definition) is 5. The summed E-state index contributed by atoms with van der Waals surface area (Å²) in [5.74, 6) is -0.726. The fraction of sp³-hybridized carbons (Fsp3) is 0.778. The predicted octanol–water partition coefficient (Wildman–Crippen LogP) is -0.203. The fourth-order valence-corrected chi connectivity index (χ4v) is 1.09. The lowest BCUT2D eigenvalue weighted by atomic mass is 10.2. The van der Waals surface area contributed by atoms with Crippen LogP contribution in [-0.2, 0) is 14.3 Å². The second-order valence-corrected chi connectivity index (χ2v) is 4.33. The molecule has 1 aliphatic heterocycles. The third kappa shape index (κ3) is 3.39. The van der Waals surface area contributed by atoms with Gasteiger partial charge in [0, 0.05) is 0 Å². The molecule has 2 N–H and O–H groups in total. The lowest BCUT2D eigenvalue weighted by Crippen LogP contribution is -2.45. The van der Waals surface area contributed by atoms with E-state index in [1.165, 1.54) is 0 Å². The van der Waals surface area contributed by atoms with Gasteiger partial charge >= 0.3 is 12.1 Å². The molecule has 1 fully saturated rings. The van der Waals surface area contributed by atoms with Crippen LogP contribution in [-0.4, -0.2) is 41.5 Å². The number of carbonyl (C=O) groups is 2. The van der Waals surface area contributed by atoms with Crippen molar-refractivity contribution in [1.82, 2.24) is 5.32 Å². The first-order valence-corrected chi connectivity index (χ1v) is 4.64. The van der Waals surface area contributed by atoms with Crippen LogP contribution >= 0.6 is 0 Å². The summed E-state index contributed by atoms with van der Waals surface area (Å²) < 4.78 is 9.50. The molecule has 1 aliphatic rings. The van der Waals surface area contributed by atoms with Gasteiger partial charge in [-0.1, -0.05) is 0 Å². The molecule has 1 heterocycles. The molecule has 15 heavy (non-hydrogen) atoms. The average molecular weight is 217 g/mol. The number of hydrogen-bond donors (Lipinski definition) is 2. The summed E-state index contributed by atoms with van der Waals surface area (Å²) in [7, 11) is 0. The van der Waals surface area contributed by atoms with Crippen LogP contribution in [0.1, 0.15) is 20.8 Å². The number of nitrogens with one attached hydrogen (secondary N) is 1. The number of aliphatic hydroxyl groups excluding tert-OH is 1. The van der Waals surface area contributed by atoms with Gasteiger partial charge in [0.15, 0.2) is 6.10 Å². The number of carbonyl (C=O) groups excluding carboxylic acids is 2. The number of rotatable bonds is 1. The largest absolute Gasteiger partial charge is 0.461 e. The molecule has 2 atom stereocenters. The van der Waals surface area contributed by atoms with Crippen molar-refractivity contribution < 1.29 is 24.2 Å². The summed E-state index contributed by atoms with van der Waals surface area (Å²) in [5.41, 5.74) is -0.613. The van der Waals surface area contributed by atoms with E-state index in [1.807, 2.05) is 0 Å². The minimum Gasteiger partial charge on any atom is -0.461 e. The molecule has 0 bridgehead atoms. The van der Waals surface area contributed by atoms with E-state index in [1.54, 1.807) is 20.8 Å². The van der Waals surface area contributed by atoms with Gasteiger partial charge in [0.2, 0.25) is 0 Å². The van der Waals surface area contributed by atoms with E-state index in [0.29, 0.717) is 0 Å². The van der Waals surface area contributed by atoms with Crippen molar-refractivity contribution >= 4 is 12.1 Å². The van der Waals surface area contributed by atoms with Crippen molar-refractivity contribution in [3.05, 3.63) is 0 Å². The van der Waals surface area contributed by atoms with Gasteiger partial charge < -0.3 is 19.9 Å². The number of amides is 1. The lowest BCUT2D eigenvalue weighted by Gasteiger charge is -2.21. The number of cyclic esters (lactones) is 1. The Kier molecular flexibility index (Phi) is 3.18. The number of esters is 1. The van der Waals surface area contributed by atoms with Crippen LogP contribution < -0.4 is 5.32 Å². The van der Waals surface area contributed by atoms with Crippen LogP contribution in [0, 0.1) is 0 Å². The molecule has 0 saturated carbocycles. The SMILES string of the molecule is CC(C)(C)OC(=O)N[C@@H]1COC(=O)[C@@H]1O. The van der Waals surface area contributed by atoms with E-state index >= 15 is 0 Å². The van der Waals surface area contributed by atoms with Crippen molar-refractivity contribution in [2.75, 3.05) is 6.61 Å². The second-order valence-electron chi connectivity index (χ2n) is 4.33. The number of ether oxygens (including phenoxy) is 2. The molecule has 0 unspecified atom stereocenters. The Bertz CT molecular complexity index is 270. The third-order valence-corrected chi connectivity index (χ3v) is 1.73. The van der Waals surface area contributed by atoms with Crippen LogP contribution in [0.25, 0.3) is 0 Å². The molecule has 6 nitrogen and oxygen atoms in total. The van der Waals surface area contributed by atoms with E-state index in [-0.39, 0.29) is 6.61 Å². The highest BCUT2D eigenvalue weighted by atomic mass is 16.6. The first-order valence-electron chi connectivity index (χ1n) is 4.64. The highest BCUT2D eigenvalue weighted by Crippen LogP contribution is 2.10. The van der Waals surface area contributed by atoms with Gasteiger partial charge in [-0.15, -0.1) is 0 Å². The van der Waals surface area contributed by atoms with E-state index in [0.717, 1.165) is 0 Å². The second kappa shape index (κ2) is 4.06. The van der Waals surface area contributed by atoms with Crippen molar-refractivity contribution in [3.63, 3.8) is 0 Å². The zero-order valence-corrected chi connectivity index (χ0v) is 8.94. The van der Waals surface area contributed by atoms with E-state index in [2.05, 4.69) is 10.1 Å². The van der Waals surface area contributed by atoms with Crippen molar-refractivity contribution in [3.8, 4) is 0 Å². The summed E-state index contributed by atoms with van der Waals surface area (Å²) in [6.45, 7) is 5.14. The Balaban J connectivity index is 2.42. The Hall–Kier alpha value is -1.30. The van der Waals surface area contributed by atoms with Crippen molar-refractivity contribution in [1.29, 1.82) is 0 Å². The van der Waals surface area contributed by atoms with Crippen LogP contribution in [0.2, 0.25) is 0 Å². The summed E-state index contributed by atoms with van der Waals surface area (Å²) in [5, 5.41) is 11.6. The first kappa shape index (κ1) is 11.8. The third-order valence-electron chi connectivity index (χ3n) is 1.73. The monoisotopic (exact) mass is 217 g/mol. The van der Waals surface area contributed by atoms with Crippen LogP contribution in [0.15, 0.2) is 0 Å². The van der Waals surface area contributed by atoms with Gasteiger partial charge in [-0.2, -0.15) is 0 Å². The Labute approximate surface area is 87.5 Å². The smallest absolute Gasteiger partial charge is 0.408 e. The fourth-order valence-electron chi connectivity index (χ4n) is 1.09. The molecular weight excluding hydrogens is 202 g/mol. The van der Waals surface area contributed by atoms with Crippen LogP contribution in [0.4, 0.5) is 4.79 Å². The zero-order chi connectivity index (χ0) is 11.6. The molecule has 0 aromatic heterocycles. The summed E-state index contributed by atoms with van der Waals surface area (Å²) in [6, 6.07) is -0.729. The quantitative estimate of drug-likeness (QED) is 0.594. The van der Waals surface area contributed by atoms with Gasteiger partial charge in [-0.3, -0.25) is 0 Å². The summed E-state index contributed by atoms with van der Waals surface area (Å²) >= 11 is 0. The maximum atomic E-state index is 11.3. The van der Waals surface area contributed by atoms with Gasteiger partial charge in [0.25, 0.3) is 0 Å². The van der Waals surface area contributed by atoms with Crippen molar-refractivity contribution in [2.45, 2.75) is 38.5 Å². The van der Waals surface area contributed by atoms with E-state index in [4.69, 9.17) is 4.74 Å². The Morgan fingerprint density at radius 1 is 1.60 bits per heavy atom. The van der Waals surface area contributed by atoms with Gasteiger partial charge in [-0.05, 0) is 20.8 Å². The molecular formula is C9H15NO5.